The SMILES string of the molecule is O=S(=O)(O)OC(F)(F)C(F)(F)C(F)(F)C(F)(F)C(F)(F)C(F)(F)C(F)(F)F. The fraction of sp³-hybridized carbons (Fsp3) is 1.00. The first-order valence-electron chi connectivity index (χ1n) is 5.22. The van der Waals surface area contributed by atoms with Crippen LogP contribution in [-0.2, 0) is 14.6 Å². The van der Waals surface area contributed by atoms with E-state index in [4.69, 9.17) is 4.55 Å². The van der Waals surface area contributed by atoms with Crippen LogP contribution in [-0.4, -0.2) is 54.9 Å². The van der Waals surface area contributed by atoms with E-state index in [0.717, 1.165) is 0 Å². The molecule has 0 aromatic heterocycles. The summed E-state index contributed by atoms with van der Waals surface area (Å²) >= 11 is 0. The van der Waals surface area contributed by atoms with Crippen LogP contribution in [0.5, 0.6) is 0 Å². The summed E-state index contributed by atoms with van der Waals surface area (Å²) in [6, 6.07) is 0. The number of hydrogen-bond acceptors (Lipinski definition) is 3. The van der Waals surface area contributed by atoms with E-state index in [9.17, 15) is 74.3 Å². The fourth-order valence-electron chi connectivity index (χ4n) is 1.14. The largest absolute Gasteiger partial charge is 0.460 e. The summed E-state index contributed by atoms with van der Waals surface area (Å²) in [5.74, 6) is -41.9. The van der Waals surface area contributed by atoms with E-state index in [1.807, 2.05) is 0 Å². The van der Waals surface area contributed by atoms with Crippen LogP contribution >= 0.6 is 0 Å². The third-order valence-corrected chi connectivity index (χ3v) is 2.93. The van der Waals surface area contributed by atoms with Gasteiger partial charge in [0.25, 0.3) is 0 Å². The molecule has 0 spiro atoms. The van der Waals surface area contributed by atoms with Gasteiger partial charge in [-0.15, -0.1) is 0 Å². The van der Waals surface area contributed by atoms with Gasteiger partial charge in [0, 0.05) is 0 Å². The summed E-state index contributed by atoms with van der Waals surface area (Å²) in [6.07, 6.45) is -15.3. The molecule has 0 fully saturated rings. The average molecular weight is 466 g/mol. The summed E-state index contributed by atoms with van der Waals surface area (Å²) in [5.41, 5.74) is 0. The normalized spacial score (nSPS) is 16.6. The Morgan fingerprint density at radius 1 is 0.519 bits per heavy atom. The molecule has 0 aliphatic carbocycles. The van der Waals surface area contributed by atoms with Crippen molar-refractivity contribution in [3.05, 3.63) is 0 Å². The molecule has 0 aliphatic heterocycles. The molecule has 0 aromatic rings. The lowest BCUT2D eigenvalue weighted by Gasteiger charge is -2.40. The lowest BCUT2D eigenvalue weighted by Crippen LogP contribution is -2.72. The van der Waals surface area contributed by atoms with E-state index in [1.54, 1.807) is 4.18 Å². The summed E-state index contributed by atoms with van der Waals surface area (Å²) in [7, 11) is -6.88. The number of hydrogen-bond donors (Lipinski definition) is 1. The second-order valence-corrected chi connectivity index (χ2v) is 5.42. The highest BCUT2D eigenvalue weighted by molar-refractivity contribution is 7.80. The molecule has 164 valence electrons. The Morgan fingerprint density at radius 2 is 0.778 bits per heavy atom. The summed E-state index contributed by atoms with van der Waals surface area (Å²) < 4.78 is 217. The Bertz CT molecular complexity index is 662. The van der Waals surface area contributed by atoms with Gasteiger partial charge in [0.05, 0.1) is 0 Å². The van der Waals surface area contributed by atoms with E-state index >= 15 is 0 Å². The molecule has 0 bridgehead atoms. The maximum atomic E-state index is 12.9. The summed E-state index contributed by atoms with van der Waals surface area (Å²) in [4.78, 5) is 0. The quantitative estimate of drug-likeness (QED) is 0.453. The highest BCUT2D eigenvalue weighted by Crippen LogP contribution is 2.62. The van der Waals surface area contributed by atoms with Crippen molar-refractivity contribution in [2.75, 3.05) is 0 Å². The van der Waals surface area contributed by atoms with Crippen LogP contribution in [0.3, 0.4) is 0 Å². The Balaban J connectivity index is 6.55. The first-order chi connectivity index (χ1) is 11.2. The van der Waals surface area contributed by atoms with Crippen LogP contribution in [0.15, 0.2) is 0 Å². The van der Waals surface area contributed by atoms with Gasteiger partial charge in [-0.05, 0) is 0 Å². The molecule has 27 heavy (non-hydrogen) atoms. The molecular weight excluding hydrogens is 465 g/mol. The van der Waals surface area contributed by atoms with Crippen LogP contribution in [0.25, 0.3) is 0 Å². The smallest absolute Gasteiger partial charge is 0.263 e. The standard InChI is InChI=1S/C7HF15O4S/c8-1(9,2(10,11)4(14,15)6(18,19)20)3(12,13)5(16,17)7(21,22)26-27(23,24)25/h(H,23,24,25). The van der Waals surface area contributed by atoms with Crippen LogP contribution in [0.1, 0.15) is 0 Å². The Morgan fingerprint density at radius 3 is 1.04 bits per heavy atom. The van der Waals surface area contributed by atoms with Gasteiger partial charge in [-0.2, -0.15) is 78.5 Å². The first-order valence-corrected chi connectivity index (χ1v) is 6.59. The van der Waals surface area contributed by atoms with E-state index in [1.165, 1.54) is 0 Å². The molecule has 0 radical (unpaired) electrons. The summed E-state index contributed by atoms with van der Waals surface area (Å²) in [6.45, 7) is 0. The van der Waals surface area contributed by atoms with Gasteiger partial charge in [0.2, 0.25) is 0 Å². The van der Waals surface area contributed by atoms with Crippen LogP contribution in [0.4, 0.5) is 65.9 Å². The van der Waals surface area contributed by atoms with E-state index in [-0.39, 0.29) is 0 Å². The Hall–Kier alpha value is -1.18. The molecule has 20 heteroatoms. The fourth-order valence-corrected chi connectivity index (χ4v) is 1.51. The van der Waals surface area contributed by atoms with Gasteiger partial charge in [0.1, 0.15) is 0 Å². The molecule has 4 nitrogen and oxygen atoms in total. The van der Waals surface area contributed by atoms with Gasteiger partial charge < -0.3 is 0 Å². The lowest BCUT2D eigenvalue weighted by molar-refractivity contribution is -0.465. The van der Waals surface area contributed by atoms with Crippen molar-refractivity contribution in [1.29, 1.82) is 0 Å². The Kier molecular flexibility index (Phi) is 5.89. The molecule has 0 unspecified atom stereocenters. The van der Waals surface area contributed by atoms with Crippen molar-refractivity contribution in [1.82, 2.24) is 0 Å². The third kappa shape index (κ3) is 3.74. The van der Waals surface area contributed by atoms with Crippen molar-refractivity contribution < 1.29 is 83.0 Å². The van der Waals surface area contributed by atoms with Gasteiger partial charge in [-0.25, -0.2) is 0 Å². The van der Waals surface area contributed by atoms with E-state index in [2.05, 4.69) is 0 Å². The van der Waals surface area contributed by atoms with Gasteiger partial charge in [-0.3, -0.25) is 4.55 Å². The molecule has 0 aromatic carbocycles. The molecule has 1 N–H and O–H groups in total. The second-order valence-electron chi connectivity index (χ2n) is 4.40. The van der Waals surface area contributed by atoms with Crippen molar-refractivity contribution >= 4 is 10.4 Å². The topological polar surface area (TPSA) is 63.6 Å². The minimum atomic E-state index is -8.57. The Labute approximate surface area is 136 Å². The second kappa shape index (κ2) is 6.16. The van der Waals surface area contributed by atoms with E-state index < -0.39 is 52.3 Å². The van der Waals surface area contributed by atoms with Crippen LogP contribution in [0, 0.1) is 0 Å². The molecule has 0 saturated heterocycles. The van der Waals surface area contributed by atoms with Crippen LogP contribution in [0.2, 0.25) is 0 Å². The predicted octanol–water partition coefficient (Wildman–Crippen LogP) is 4.14. The van der Waals surface area contributed by atoms with Gasteiger partial charge >= 0.3 is 52.3 Å². The van der Waals surface area contributed by atoms with Crippen molar-refractivity contribution in [3.8, 4) is 0 Å². The van der Waals surface area contributed by atoms with E-state index in [0.29, 0.717) is 0 Å². The van der Waals surface area contributed by atoms with Crippen molar-refractivity contribution in [2.24, 2.45) is 0 Å². The maximum Gasteiger partial charge on any atom is 0.460 e. The maximum absolute atomic E-state index is 12.9. The summed E-state index contributed by atoms with van der Waals surface area (Å²) in [5, 5.41) is 0. The highest BCUT2D eigenvalue weighted by atomic mass is 32.3. The molecule has 0 amide bonds. The number of halogens is 15. The van der Waals surface area contributed by atoms with Crippen LogP contribution < -0.4 is 0 Å². The number of rotatable bonds is 7. The van der Waals surface area contributed by atoms with Crippen molar-refractivity contribution in [2.45, 2.75) is 41.9 Å². The number of alkyl halides is 15. The highest BCUT2D eigenvalue weighted by Gasteiger charge is 2.94. The van der Waals surface area contributed by atoms with Gasteiger partial charge in [0.15, 0.2) is 0 Å². The zero-order valence-corrected chi connectivity index (χ0v) is 12.1. The lowest BCUT2D eigenvalue weighted by atomic mass is 9.93. The van der Waals surface area contributed by atoms with Gasteiger partial charge in [-0.1, -0.05) is 0 Å². The molecule has 0 rings (SSSR count). The third-order valence-electron chi connectivity index (χ3n) is 2.51. The zero-order valence-electron chi connectivity index (χ0n) is 11.2. The monoisotopic (exact) mass is 466 g/mol. The first kappa shape index (κ1) is 25.8. The minimum absolute atomic E-state index is 1.61. The molecular formula is C7HF15O4S. The molecule has 0 heterocycles. The van der Waals surface area contributed by atoms with Crippen molar-refractivity contribution in [3.63, 3.8) is 0 Å². The molecule has 0 saturated carbocycles. The molecule has 0 atom stereocenters. The minimum Gasteiger partial charge on any atom is -0.263 e. The zero-order chi connectivity index (χ0) is 22.7. The average Bonchev–Trinajstić information content (AvgIpc) is 2.33. The molecule has 0 aliphatic rings. The predicted molar refractivity (Wildman–Crippen MR) is 48.4 cm³/mol.